The maximum absolute atomic E-state index is 14.8. The van der Waals surface area contributed by atoms with Crippen LogP contribution in [0.5, 0.6) is 11.5 Å². The van der Waals surface area contributed by atoms with Gasteiger partial charge in [-0.05, 0) is 25.1 Å². The number of ether oxygens (including phenoxy) is 4. The fourth-order valence-electron chi connectivity index (χ4n) is 4.49. The van der Waals surface area contributed by atoms with Crippen molar-refractivity contribution in [1.82, 2.24) is 5.32 Å². The second-order valence-corrected chi connectivity index (χ2v) is 8.16. The lowest BCUT2D eigenvalue weighted by molar-refractivity contribution is -0.279. The molecule has 0 aliphatic carbocycles. The molecular formula is C23H24F4N2O4. The monoisotopic (exact) mass is 468 g/mol. The molecule has 2 saturated heterocycles. The van der Waals surface area contributed by atoms with E-state index in [4.69, 9.17) is 18.9 Å². The van der Waals surface area contributed by atoms with E-state index < -0.39 is 35.7 Å². The molecule has 0 radical (unpaired) electrons. The smallest absolute Gasteiger partial charge is 0.431 e. The van der Waals surface area contributed by atoms with Crippen molar-refractivity contribution < 1.29 is 36.5 Å². The Morgan fingerprint density at radius 1 is 1.15 bits per heavy atom. The summed E-state index contributed by atoms with van der Waals surface area (Å²) in [6, 6.07) is 10.4. The average Bonchev–Trinajstić information content (AvgIpc) is 3.24. The molecule has 10 heteroatoms. The quantitative estimate of drug-likeness (QED) is 0.668. The third-order valence-corrected chi connectivity index (χ3v) is 6.31. The number of fused-ring (bicyclic) bond motifs is 1. The molecule has 178 valence electrons. The number of alkyl halides is 3. The summed E-state index contributed by atoms with van der Waals surface area (Å²) >= 11 is 0. The number of methoxy groups -OCH3 is 2. The van der Waals surface area contributed by atoms with Crippen molar-refractivity contribution in [2.24, 2.45) is 10.9 Å². The molecule has 0 aromatic heterocycles. The normalized spacial score (nSPS) is 28.1. The van der Waals surface area contributed by atoms with E-state index in [2.05, 4.69) is 10.3 Å². The molecule has 33 heavy (non-hydrogen) atoms. The fourth-order valence-corrected chi connectivity index (χ4v) is 4.49. The van der Waals surface area contributed by atoms with Gasteiger partial charge in [-0.3, -0.25) is 0 Å². The van der Waals surface area contributed by atoms with Gasteiger partial charge < -0.3 is 24.3 Å². The molecule has 2 aromatic rings. The Labute approximate surface area is 188 Å². The molecule has 2 aliphatic rings. The van der Waals surface area contributed by atoms with E-state index >= 15 is 0 Å². The molecule has 4 rings (SSSR count). The first-order valence-electron chi connectivity index (χ1n) is 10.3. The van der Waals surface area contributed by atoms with Gasteiger partial charge >= 0.3 is 6.18 Å². The summed E-state index contributed by atoms with van der Waals surface area (Å²) in [5.41, 5.74) is -3.47. The number of amidine groups is 1. The van der Waals surface area contributed by atoms with Gasteiger partial charge in [0.15, 0.2) is 0 Å². The van der Waals surface area contributed by atoms with Gasteiger partial charge in [-0.2, -0.15) is 13.2 Å². The lowest BCUT2D eigenvalue weighted by Gasteiger charge is -2.50. The fraction of sp³-hybridized carbons (Fsp3) is 0.435. The first-order valence-corrected chi connectivity index (χ1v) is 10.3. The van der Waals surface area contributed by atoms with Gasteiger partial charge in [-0.1, -0.05) is 18.2 Å². The summed E-state index contributed by atoms with van der Waals surface area (Å²) in [6.07, 6.45) is -4.78. The van der Waals surface area contributed by atoms with Crippen LogP contribution in [0, 0.1) is 11.7 Å². The Kier molecular flexibility index (Phi) is 5.90. The predicted octanol–water partition coefficient (Wildman–Crippen LogP) is 4.18. The standard InChI is InChI=1S/C23H24F4N2O4/c1-21(16-6-4-5-7-17(16)24)19-12-32-13-22(19,23(25,26)27)33-20(29-21)28-11-14-8-9-15(30-2)10-18(14)31-3/h4-10,19H,11-13H2,1-3H3,(H,28,29). The molecule has 3 unspecified atom stereocenters. The van der Waals surface area contributed by atoms with Crippen LogP contribution in [0.4, 0.5) is 17.6 Å². The van der Waals surface area contributed by atoms with Gasteiger partial charge in [0.1, 0.15) is 17.3 Å². The lowest BCUT2D eigenvalue weighted by atomic mass is 9.70. The summed E-state index contributed by atoms with van der Waals surface area (Å²) < 4.78 is 79.1. The Hall–Kier alpha value is -3.01. The Balaban J connectivity index is 1.77. The van der Waals surface area contributed by atoms with Crippen molar-refractivity contribution in [3.05, 3.63) is 59.4 Å². The lowest BCUT2D eigenvalue weighted by Crippen LogP contribution is -2.69. The minimum Gasteiger partial charge on any atom is -0.497 e. The van der Waals surface area contributed by atoms with Crippen molar-refractivity contribution in [2.75, 3.05) is 27.4 Å². The van der Waals surface area contributed by atoms with E-state index in [0.29, 0.717) is 17.1 Å². The topological polar surface area (TPSA) is 61.3 Å². The van der Waals surface area contributed by atoms with E-state index in [1.165, 1.54) is 39.3 Å². The Morgan fingerprint density at radius 3 is 2.58 bits per heavy atom. The summed E-state index contributed by atoms with van der Waals surface area (Å²) in [6.45, 7) is 0.508. The van der Waals surface area contributed by atoms with E-state index in [1.807, 2.05) is 0 Å². The van der Waals surface area contributed by atoms with Crippen LogP contribution in [-0.4, -0.2) is 45.2 Å². The van der Waals surface area contributed by atoms with Crippen LogP contribution >= 0.6 is 0 Å². The molecule has 2 heterocycles. The molecule has 6 nitrogen and oxygen atoms in total. The maximum Gasteiger partial charge on any atom is 0.431 e. The van der Waals surface area contributed by atoms with Crippen molar-refractivity contribution in [2.45, 2.75) is 30.8 Å². The summed E-state index contributed by atoms with van der Waals surface area (Å²) in [5.74, 6) is -0.853. The Bertz CT molecular complexity index is 1060. The molecule has 0 amide bonds. The molecule has 2 aliphatic heterocycles. The van der Waals surface area contributed by atoms with Gasteiger partial charge in [0.05, 0.1) is 45.4 Å². The number of rotatable bonds is 5. The van der Waals surface area contributed by atoms with Crippen molar-refractivity contribution in [3.8, 4) is 11.5 Å². The molecule has 0 bridgehead atoms. The van der Waals surface area contributed by atoms with Crippen LogP contribution in [0.3, 0.4) is 0 Å². The number of halogens is 4. The zero-order valence-corrected chi connectivity index (χ0v) is 18.3. The SMILES string of the molecule is COc1ccc(CN=C2NC(C)(c3ccccc3F)C3COCC3(C(F)(F)F)O2)c(OC)c1. The minimum absolute atomic E-state index is 0.0394. The highest BCUT2D eigenvalue weighted by molar-refractivity contribution is 5.77. The number of hydrogen-bond donors (Lipinski definition) is 1. The second kappa shape index (κ2) is 8.40. The van der Waals surface area contributed by atoms with Gasteiger partial charge in [0, 0.05) is 17.2 Å². The third-order valence-electron chi connectivity index (χ3n) is 6.31. The van der Waals surface area contributed by atoms with Crippen molar-refractivity contribution in [1.29, 1.82) is 0 Å². The van der Waals surface area contributed by atoms with Crippen molar-refractivity contribution in [3.63, 3.8) is 0 Å². The van der Waals surface area contributed by atoms with E-state index in [-0.39, 0.29) is 24.7 Å². The molecular weight excluding hydrogens is 444 g/mol. The number of nitrogens with one attached hydrogen (secondary N) is 1. The van der Waals surface area contributed by atoms with Gasteiger partial charge in [0.25, 0.3) is 6.02 Å². The molecule has 0 saturated carbocycles. The summed E-state index contributed by atoms with van der Waals surface area (Å²) in [7, 11) is 2.98. The first kappa shape index (κ1) is 23.2. The molecule has 2 fully saturated rings. The van der Waals surface area contributed by atoms with E-state index in [0.717, 1.165) is 0 Å². The number of nitrogens with zero attached hydrogens (tertiary/aromatic N) is 1. The van der Waals surface area contributed by atoms with Crippen LogP contribution < -0.4 is 14.8 Å². The number of hydrogen-bond acceptors (Lipinski definition) is 5. The number of benzene rings is 2. The molecule has 1 N–H and O–H groups in total. The minimum atomic E-state index is -4.78. The van der Waals surface area contributed by atoms with Crippen LogP contribution in [-0.2, 0) is 21.6 Å². The highest BCUT2D eigenvalue weighted by Crippen LogP contribution is 2.53. The highest BCUT2D eigenvalue weighted by Gasteiger charge is 2.72. The Morgan fingerprint density at radius 2 is 1.91 bits per heavy atom. The van der Waals surface area contributed by atoms with Crippen LogP contribution in [0.1, 0.15) is 18.1 Å². The zero-order chi connectivity index (χ0) is 23.9. The summed E-state index contributed by atoms with van der Waals surface area (Å²) in [5, 5.41) is 2.93. The largest absolute Gasteiger partial charge is 0.497 e. The molecule has 2 aromatic carbocycles. The van der Waals surface area contributed by atoms with E-state index in [1.54, 1.807) is 24.3 Å². The predicted molar refractivity (Wildman–Crippen MR) is 112 cm³/mol. The van der Waals surface area contributed by atoms with Crippen molar-refractivity contribution >= 4 is 6.02 Å². The van der Waals surface area contributed by atoms with Crippen LogP contribution in [0.2, 0.25) is 0 Å². The van der Waals surface area contributed by atoms with Gasteiger partial charge in [-0.25, -0.2) is 9.38 Å². The summed E-state index contributed by atoms with van der Waals surface area (Å²) in [4.78, 5) is 4.27. The number of aliphatic imine (C=N–C) groups is 1. The average molecular weight is 468 g/mol. The highest BCUT2D eigenvalue weighted by atomic mass is 19.4. The second-order valence-electron chi connectivity index (χ2n) is 8.16. The van der Waals surface area contributed by atoms with Gasteiger partial charge in [0.2, 0.25) is 5.60 Å². The van der Waals surface area contributed by atoms with Gasteiger partial charge in [-0.15, -0.1) is 0 Å². The molecule has 0 spiro atoms. The third kappa shape index (κ3) is 3.86. The molecule has 3 atom stereocenters. The first-order chi connectivity index (χ1) is 15.6. The van der Waals surface area contributed by atoms with Crippen LogP contribution in [0.25, 0.3) is 0 Å². The van der Waals surface area contributed by atoms with E-state index in [9.17, 15) is 17.6 Å². The zero-order valence-electron chi connectivity index (χ0n) is 18.3. The van der Waals surface area contributed by atoms with Crippen LogP contribution in [0.15, 0.2) is 47.5 Å². The maximum atomic E-state index is 14.8.